The molecule has 0 aliphatic carbocycles. The van der Waals surface area contributed by atoms with Gasteiger partial charge < -0.3 is 9.73 Å². The second-order valence-electron chi connectivity index (χ2n) is 4.72. The molecule has 2 N–H and O–H groups in total. The lowest BCUT2D eigenvalue weighted by molar-refractivity contribution is -0.121. The van der Waals surface area contributed by atoms with Crippen molar-refractivity contribution >= 4 is 5.91 Å². The highest BCUT2D eigenvalue weighted by Crippen LogP contribution is 2.11. The van der Waals surface area contributed by atoms with Crippen LogP contribution < -0.4 is 10.6 Å². The molecule has 0 bridgehead atoms. The first-order chi connectivity index (χ1) is 8.00. The summed E-state index contributed by atoms with van der Waals surface area (Å²) in [6.45, 7) is 8.46. The van der Waals surface area contributed by atoms with E-state index < -0.39 is 0 Å². The SMILES string of the molecule is CC(NCC(=O)NC(C)C(C)C)c1ccco1. The zero-order valence-corrected chi connectivity index (χ0v) is 11.0. The van der Waals surface area contributed by atoms with Gasteiger partial charge in [0.15, 0.2) is 0 Å². The maximum atomic E-state index is 11.6. The molecule has 1 heterocycles. The highest BCUT2D eigenvalue weighted by atomic mass is 16.3. The number of rotatable bonds is 6. The Hall–Kier alpha value is -1.29. The van der Waals surface area contributed by atoms with Crippen molar-refractivity contribution in [1.82, 2.24) is 10.6 Å². The van der Waals surface area contributed by atoms with E-state index in [-0.39, 0.29) is 18.0 Å². The minimum atomic E-state index is 0.0182. The Morgan fingerprint density at radius 1 is 1.35 bits per heavy atom. The van der Waals surface area contributed by atoms with Gasteiger partial charge in [-0.1, -0.05) is 13.8 Å². The van der Waals surface area contributed by atoms with Gasteiger partial charge in [0.05, 0.1) is 18.8 Å². The Labute approximate surface area is 103 Å². The highest BCUT2D eigenvalue weighted by Gasteiger charge is 2.13. The fourth-order valence-electron chi connectivity index (χ4n) is 1.36. The molecule has 2 atom stereocenters. The Morgan fingerprint density at radius 2 is 2.06 bits per heavy atom. The van der Waals surface area contributed by atoms with E-state index in [0.717, 1.165) is 5.76 Å². The van der Waals surface area contributed by atoms with Crippen LogP contribution in [0.3, 0.4) is 0 Å². The average molecular weight is 238 g/mol. The molecular weight excluding hydrogens is 216 g/mol. The van der Waals surface area contributed by atoms with Gasteiger partial charge >= 0.3 is 0 Å². The summed E-state index contributed by atoms with van der Waals surface area (Å²) in [5.41, 5.74) is 0. The zero-order chi connectivity index (χ0) is 12.8. The molecule has 4 heteroatoms. The summed E-state index contributed by atoms with van der Waals surface area (Å²) < 4.78 is 5.25. The van der Waals surface area contributed by atoms with Gasteiger partial charge in [-0.2, -0.15) is 0 Å². The number of hydrogen-bond donors (Lipinski definition) is 2. The summed E-state index contributed by atoms with van der Waals surface area (Å²) >= 11 is 0. The van der Waals surface area contributed by atoms with Crippen LogP contribution in [0.5, 0.6) is 0 Å². The van der Waals surface area contributed by atoms with E-state index in [9.17, 15) is 4.79 Å². The fraction of sp³-hybridized carbons (Fsp3) is 0.615. The molecule has 0 radical (unpaired) electrons. The normalized spacial score (nSPS) is 14.6. The number of furan rings is 1. The highest BCUT2D eigenvalue weighted by molar-refractivity contribution is 5.78. The van der Waals surface area contributed by atoms with Crippen LogP contribution in [0.25, 0.3) is 0 Å². The largest absolute Gasteiger partial charge is 0.468 e. The molecule has 2 unspecified atom stereocenters. The summed E-state index contributed by atoms with van der Waals surface area (Å²) in [5.74, 6) is 1.31. The summed E-state index contributed by atoms with van der Waals surface area (Å²) in [5, 5.41) is 6.07. The molecule has 17 heavy (non-hydrogen) atoms. The van der Waals surface area contributed by atoms with E-state index >= 15 is 0 Å². The Morgan fingerprint density at radius 3 is 2.59 bits per heavy atom. The minimum absolute atomic E-state index is 0.0182. The van der Waals surface area contributed by atoms with Crippen molar-refractivity contribution in [2.45, 2.75) is 39.8 Å². The predicted molar refractivity (Wildman–Crippen MR) is 67.6 cm³/mol. The molecule has 1 amide bonds. The molecule has 0 aliphatic rings. The number of hydrogen-bond acceptors (Lipinski definition) is 3. The molecule has 4 nitrogen and oxygen atoms in total. The van der Waals surface area contributed by atoms with Crippen molar-refractivity contribution in [3.8, 4) is 0 Å². The van der Waals surface area contributed by atoms with E-state index in [1.165, 1.54) is 0 Å². The lowest BCUT2D eigenvalue weighted by atomic mass is 10.1. The van der Waals surface area contributed by atoms with Gasteiger partial charge in [-0.25, -0.2) is 0 Å². The van der Waals surface area contributed by atoms with E-state index in [0.29, 0.717) is 12.5 Å². The molecule has 96 valence electrons. The van der Waals surface area contributed by atoms with Crippen LogP contribution in [-0.4, -0.2) is 18.5 Å². The summed E-state index contributed by atoms with van der Waals surface area (Å²) in [4.78, 5) is 11.6. The zero-order valence-electron chi connectivity index (χ0n) is 11.0. The van der Waals surface area contributed by atoms with Crippen molar-refractivity contribution in [3.05, 3.63) is 24.2 Å². The Balaban J connectivity index is 2.29. The van der Waals surface area contributed by atoms with Crippen molar-refractivity contribution in [2.75, 3.05) is 6.54 Å². The Kier molecular flexibility index (Phi) is 5.22. The van der Waals surface area contributed by atoms with Gasteiger partial charge in [-0.05, 0) is 31.9 Å². The standard InChI is InChI=1S/C13H22N2O2/c1-9(2)10(3)15-13(16)8-14-11(4)12-6-5-7-17-12/h5-7,9-11,14H,8H2,1-4H3,(H,15,16). The van der Waals surface area contributed by atoms with Crippen LogP contribution in [0.2, 0.25) is 0 Å². The fourth-order valence-corrected chi connectivity index (χ4v) is 1.36. The van der Waals surface area contributed by atoms with Crippen LogP contribution in [0.1, 0.15) is 39.5 Å². The van der Waals surface area contributed by atoms with Crippen molar-refractivity contribution < 1.29 is 9.21 Å². The molecular formula is C13H22N2O2. The molecule has 0 aliphatic heterocycles. The summed E-state index contributed by atoms with van der Waals surface area (Å²) in [6.07, 6.45) is 1.63. The third-order valence-corrected chi connectivity index (χ3v) is 2.93. The minimum Gasteiger partial charge on any atom is -0.468 e. The molecule has 1 rings (SSSR count). The monoisotopic (exact) mass is 238 g/mol. The van der Waals surface area contributed by atoms with Crippen LogP contribution in [0.4, 0.5) is 0 Å². The molecule has 0 aromatic carbocycles. The lowest BCUT2D eigenvalue weighted by Gasteiger charge is -2.18. The molecule has 0 spiro atoms. The maximum Gasteiger partial charge on any atom is 0.234 e. The van der Waals surface area contributed by atoms with Crippen molar-refractivity contribution in [2.24, 2.45) is 5.92 Å². The number of carbonyl (C=O) groups is 1. The van der Waals surface area contributed by atoms with Crippen LogP contribution >= 0.6 is 0 Å². The van der Waals surface area contributed by atoms with Gasteiger partial charge in [0.25, 0.3) is 0 Å². The van der Waals surface area contributed by atoms with Crippen LogP contribution in [-0.2, 0) is 4.79 Å². The van der Waals surface area contributed by atoms with E-state index in [1.807, 2.05) is 26.0 Å². The van der Waals surface area contributed by atoms with E-state index in [1.54, 1.807) is 6.26 Å². The second-order valence-corrected chi connectivity index (χ2v) is 4.72. The van der Waals surface area contributed by atoms with Crippen molar-refractivity contribution in [3.63, 3.8) is 0 Å². The molecule has 0 saturated carbocycles. The first kappa shape index (κ1) is 13.8. The van der Waals surface area contributed by atoms with Gasteiger partial charge in [0, 0.05) is 6.04 Å². The van der Waals surface area contributed by atoms with Crippen LogP contribution in [0.15, 0.2) is 22.8 Å². The summed E-state index contributed by atoms with van der Waals surface area (Å²) in [6, 6.07) is 3.98. The van der Waals surface area contributed by atoms with Crippen molar-refractivity contribution in [1.29, 1.82) is 0 Å². The number of carbonyl (C=O) groups excluding carboxylic acids is 1. The smallest absolute Gasteiger partial charge is 0.234 e. The third-order valence-electron chi connectivity index (χ3n) is 2.93. The molecule has 1 aromatic rings. The second kappa shape index (κ2) is 6.45. The predicted octanol–water partition coefficient (Wildman–Crippen LogP) is 2.09. The molecule has 0 fully saturated rings. The maximum absolute atomic E-state index is 11.6. The van der Waals surface area contributed by atoms with Gasteiger partial charge in [-0.3, -0.25) is 10.1 Å². The summed E-state index contributed by atoms with van der Waals surface area (Å²) in [7, 11) is 0. The first-order valence-corrected chi connectivity index (χ1v) is 6.07. The number of amides is 1. The number of nitrogens with one attached hydrogen (secondary N) is 2. The van der Waals surface area contributed by atoms with Crippen LogP contribution in [0, 0.1) is 5.92 Å². The van der Waals surface area contributed by atoms with Gasteiger partial charge in [-0.15, -0.1) is 0 Å². The van der Waals surface area contributed by atoms with E-state index in [2.05, 4.69) is 24.5 Å². The third kappa shape index (κ3) is 4.61. The Bertz CT molecular complexity index is 333. The topological polar surface area (TPSA) is 54.3 Å². The van der Waals surface area contributed by atoms with E-state index in [4.69, 9.17) is 4.42 Å². The van der Waals surface area contributed by atoms with Gasteiger partial charge in [0.1, 0.15) is 5.76 Å². The molecule has 0 saturated heterocycles. The average Bonchev–Trinajstić information content (AvgIpc) is 2.79. The quantitative estimate of drug-likeness (QED) is 0.798. The lowest BCUT2D eigenvalue weighted by Crippen LogP contribution is -2.41. The first-order valence-electron chi connectivity index (χ1n) is 6.07. The molecule has 1 aromatic heterocycles. The van der Waals surface area contributed by atoms with Gasteiger partial charge in [0.2, 0.25) is 5.91 Å².